The Balaban J connectivity index is 1.79. The van der Waals surface area contributed by atoms with Crippen molar-refractivity contribution in [2.45, 2.75) is 144 Å². The molecule has 4 unspecified atom stereocenters. The standard InChI is InChI=1S/C32H54O5/c1-20(2)11-10-14-31(9,35)32(36)18-17-30(8)26(32)22(37-21(3)33)19-24-28(6)15-13-25(34)27(4,5)23(28)12-16-29(24,30)7/h11,22-26,34-36H,10,12-19H2,1-9H3/t22-,23?,24?,25-,26?,28+,29-,30-,31?,32-/m1/s1. The monoisotopic (exact) mass is 518 g/mol. The average Bonchev–Trinajstić information content (AvgIpc) is 3.06. The molecule has 4 rings (SSSR count). The summed E-state index contributed by atoms with van der Waals surface area (Å²) in [6.45, 7) is 19.0. The molecule has 0 aliphatic heterocycles. The van der Waals surface area contributed by atoms with Crippen LogP contribution in [-0.4, -0.2) is 44.7 Å². The second-order valence-electron chi connectivity index (χ2n) is 15.2. The van der Waals surface area contributed by atoms with Crippen LogP contribution in [0.2, 0.25) is 0 Å². The van der Waals surface area contributed by atoms with Gasteiger partial charge in [0.05, 0.1) is 17.3 Å². The van der Waals surface area contributed by atoms with E-state index in [9.17, 15) is 20.1 Å². The maximum absolute atomic E-state index is 12.5. The van der Waals surface area contributed by atoms with E-state index in [1.54, 1.807) is 6.92 Å². The number of carbonyl (C=O) groups is 1. The molecule has 0 aromatic carbocycles. The van der Waals surface area contributed by atoms with Crippen molar-refractivity contribution >= 4 is 5.97 Å². The quantitative estimate of drug-likeness (QED) is 0.299. The van der Waals surface area contributed by atoms with Crippen molar-refractivity contribution in [2.75, 3.05) is 0 Å². The minimum atomic E-state index is -1.33. The fourth-order valence-electron chi connectivity index (χ4n) is 10.6. The third-order valence-corrected chi connectivity index (χ3v) is 12.8. The Morgan fingerprint density at radius 2 is 1.62 bits per heavy atom. The molecule has 3 N–H and O–H groups in total. The first-order chi connectivity index (χ1) is 16.9. The number of esters is 1. The SMILES string of the molecule is CC(=O)O[C@@H]1CC2[C@@]3(C)CC[C@@H](O)C(C)(C)C3CC[C@@]2(C)[C@]2(C)CC[C@](O)(C(C)(O)CCC=C(C)C)C12. The van der Waals surface area contributed by atoms with Crippen LogP contribution in [0, 0.1) is 39.4 Å². The van der Waals surface area contributed by atoms with Gasteiger partial charge in [-0.1, -0.05) is 46.3 Å². The number of carbonyl (C=O) groups excluding carboxylic acids is 1. The fourth-order valence-corrected chi connectivity index (χ4v) is 10.6. The number of aliphatic hydroxyl groups excluding tert-OH is 1. The number of rotatable bonds is 5. The summed E-state index contributed by atoms with van der Waals surface area (Å²) in [5.74, 6) is 0.0713. The molecule has 0 radical (unpaired) electrons. The van der Waals surface area contributed by atoms with E-state index in [1.165, 1.54) is 12.5 Å². The third-order valence-electron chi connectivity index (χ3n) is 12.8. The van der Waals surface area contributed by atoms with Gasteiger partial charge in [-0.25, -0.2) is 0 Å². The van der Waals surface area contributed by atoms with Gasteiger partial charge in [0.2, 0.25) is 0 Å². The van der Waals surface area contributed by atoms with E-state index in [2.05, 4.69) is 54.5 Å². The van der Waals surface area contributed by atoms with Crippen LogP contribution >= 0.6 is 0 Å². The molecule has 5 heteroatoms. The Hall–Kier alpha value is -0.910. The normalized spacial score (nSPS) is 48.2. The van der Waals surface area contributed by atoms with Crippen molar-refractivity contribution in [3.8, 4) is 0 Å². The summed E-state index contributed by atoms with van der Waals surface area (Å²) in [5.41, 5.74) is -1.89. The first kappa shape index (κ1) is 29.1. The van der Waals surface area contributed by atoms with Crippen molar-refractivity contribution in [3.05, 3.63) is 11.6 Å². The van der Waals surface area contributed by atoms with Gasteiger partial charge in [-0.2, -0.15) is 0 Å². The number of ether oxygens (including phenoxy) is 1. The van der Waals surface area contributed by atoms with Crippen LogP contribution in [-0.2, 0) is 9.53 Å². The molecule has 0 spiro atoms. The predicted octanol–water partition coefficient (Wildman–Crippen LogP) is 6.19. The average molecular weight is 519 g/mol. The van der Waals surface area contributed by atoms with Crippen molar-refractivity contribution in [2.24, 2.45) is 39.4 Å². The number of allylic oxidation sites excluding steroid dienone is 2. The molecule has 4 fully saturated rings. The van der Waals surface area contributed by atoms with E-state index >= 15 is 0 Å². The highest BCUT2D eigenvalue weighted by atomic mass is 16.5. The van der Waals surface area contributed by atoms with Gasteiger partial charge in [-0.3, -0.25) is 4.79 Å². The van der Waals surface area contributed by atoms with E-state index in [0.717, 1.165) is 32.1 Å². The van der Waals surface area contributed by atoms with E-state index in [0.29, 0.717) is 37.5 Å². The number of hydrogen-bond donors (Lipinski definition) is 3. The summed E-state index contributed by atoms with van der Waals surface area (Å²) in [5, 5.41) is 35.3. The lowest BCUT2D eigenvalue weighted by Gasteiger charge is -2.71. The van der Waals surface area contributed by atoms with Crippen LogP contribution in [0.1, 0.15) is 120 Å². The van der Waals surface area contributed by atoms with Gasteiger partial charge >= 0.3 is 5.97 Å². The number of fused-ring (bicyclic) bond motifs is 5. The van der Waals surface area contributed by atoms with E-state index < -0.39 is 17.3 Å². The molecule has 0 heterocycles. The summed E-state index contributed by atoms with van der Waals surface area (Å²) in [6.07, 6.45) is 8.47. The molecular weight excluding hydrogens is 464 g/mol. The Morgan fingerprint density at radius 3 is 2.22 bits per heavy atom. The van der Waals surface area contributed by atoms with E-state index in [4.69, 9.17) is 4.74 Å². The lowest BCUT2D eigenvalue weighted by Crippen LogP contribution is -2.70. The molecule has 4 saturated carbocycles. The van der Waals surface area contributed by atoms with Crippen LogP contribution in [0.15, 0.2) is 11.6 Å². The molecule has 0 aromatic rings. The van der Waals surface area contributed by atoms with Gasteiger partial charge in [0.15, 0.2) is 0 Å². The molecule has 0 amide bonds. The lowest BCUT2D eigenvalue weighted by molar-refractivity contribution is -0.274. The summed E-state index contributed by atoms with van der Waals surface area (Å²) in [7, 11) is 0. The maximum Gasteiger partial charge on any atom is 0.302 e. The predicted molar refractivity (Wildman–Crippen MR) is 147 cm³/mol. The van der Waals surface area contributed by atoms with Crippen LogP contribution < -0.4 is 0 Å². The number of aliphatic hydroxyl groups is 3. The lowest BCUT2D eigenvalue weighted by atomic mass is 9.35. The molecule has 212 valence electrons. The van der Waals surface area contributed by atoms with Crippen molar-refractivity contribution in [1.82, 2.24) is 0 Å². The summed E-state index contributed by atoms with van der Waals surface area (Å²) >= 11 is 0. The second kappa shape index (κ2) is 9.06. The van der Waals surface area contributed by atoms with Crippen molar-refractivity contribution in [1.29, 1.82) is 0 Å². The minimum absolute atomic E-state index is 0.0226. The molecule has 4 aliphatic carbocycles. The van der Waals surface area contributed by atoms with Gasteiger partial charge in [-0.05, 0) is 112 Å². The first-order valence-corrected chi connectivity index (χ1v) is 14.8. The zero-order chi connectivity index (χ0) is 27.8. The van der Waals surface area contributed by atoms with Gasteiger partial charge in [0, 0.05) is 12.8 Å². The first-order valence-electron chi connectivity index (χ1n) is 14.8. The van der Waals surface area contributed by atoms with Gasteiger partial charge in [0.25, 0.3) is 0 Å². The van der Waals surface area contributed by atoms with Gasteiger partial charge < -0.3 is 20.1 Å². The van der Waals surface area contributed by atoms with Gasteiger partial charge in [0.1, 0.15) is 6.10 Å². The zero-order valence-corrected chi connectivity index (χ0v) is 25.0. The van der Waals surface area contributed by atoms with Crippen LogP contribution in [0.5, 0.6) is 0 Å². The molecular formula is C32H54O5. The Kier molecular flexibility index (Phi) is 7.12. The van der Waals surface area contributed by atoms with Crippen molar-refractivity contribution < 1.29 is 24.9 Å². The summed E-state index contributed by atoms with van der Waals surface area (Å²) in [4.78, 5) is 12.5. The van der Waals surface area contributed by atoms with E-state index in [1.807, 2.05) is 0 Å². The van der Waals surface area contributed by atoms with E-state index in [-0.39, 0.29) is 39.7 Å². The fraction of sp³-hybridized carbons (Fsp3) is 0.906. The number of hydrogen-bond acceptors (Lipinski definition) is 5. The highest BCUT2D eigenvalue weighted by Crippen LogP contribution is 2.76. The molecule has 0 aromatic heterocycles. The smallest absolute Gasteiger partial charge is 0.302 e. The highest BCUT2D eigenvalue weighted by molar-refractivity contribution is 5.66. The Morgan fingerprint density at radius 1 is 0.973 bits per heavy atom. The molecule has 0 saturated heterocycles. The largest absolute Gasteiger partial charge is 0.462 e. The zero-order valence-electron chi connectivity index (χ0n) is 25.0. The van der Waals surface area contributed by atoms with Crippen LogP contribution in [0.3, 0.4) is 0 Å². The molecule has 10 atom stereocenters. The van der Waals surface area contributed by atoms with Crippen LogP contribution in [0.4, 0.5) is 0 Å². The summed E-state index contributed by atoms with van der Waals surface area (Å²) < 4.78 is 6.12. The molecule has 5 nitrogen and oxygen atoms in total. The molecule has 37 heavy (non-hydrogen) atoms. The van der Waals surface area contributed by atoms with Crippen LogP contribution in [0.25, 0.3) is 0 Å². The second-order valence-corrected chi connectivity index (χ2v) is 15.2. The molecule has 0 bridgehead atoms. The summed E-state index contributed by atoms with van der Waals surface area (Å²) in [6, 6.07) is 0. The van der Waals surface area contributed by atoms with Gasteiger partial charge in [-0.15, -0.1) is 0 Å². The maximum atomic E-state index is 12.5. The Labute approximate surface area is 225 Å². The molecule has 4 aliphatic rings. The Bertz CT molecular complexity index is 933. The topological polar surface area (TPSA) is 87.0 Å². The highest BCUT2D eigenvalue weighted by Gasteiger charge is 2.75. The third kappa shape index (κ3) is 4.08. The minimum Gasteiger partial charge on any atom is -0.462 e. The van der Waals surface area contributed by atoms with Crippen molar-refractivity contribution in [3.63, 3.8) is 0 Å².